The molecule has 1 N–H and O–H groups in total. The van der Waals surface area contributed by atoms with Gasteiger partial charge in [-0.3, -0.25) is 4.72 Å². The third kappa shape index (κ3) is 3.47. The molecule has 0 bridgehead atoms. The summed E-state index contributed by atoms with van der Waals surface area (Å²) in [6.45, 7) is 0. The molecule has 0 aromatic heterocycles. The summed E-state index contributed by atoms with van der Waals surface area (Å²) in [6.07, 6.45) is 14.5. The van der Waals surface area contributed by atoms with Crippen molar-refractivity contribution in [2.75, 3.05) is 0 Å². The Hall–Kier alpha value is 0.310. The predicted molar refractivity (Wildman–Crippen MR) is 64.5 cm³/mol. The molecule has 0 aromatic rings. The second kappa shape index (κ2) is 6.02. The standard InChI is InChI=1S/C12H23NS/c1-3-7-11(8-4-1)13-14-12-9-5-2-6-10-12/h11-13H,1-10H2. The predicted octanol–water partition coefficient (Wildman–Crippen LogP) is 3.89. The van der Waals surface area contributed by atoms with Gasteiger partial charge in [-0.15, -0.1) is 0 Å². The van der Waals surface area contributed by atoms with E-state index in [0.717, 1.165) is 11.3 Å². The summed E-state index contributed by atoms with van der Waals surface area (Å²) in [7, 11) is 0. The van der Waals surface area contributed by atoms with Gasteiger partial charge in [0.2, 0.25) is 0 Å². The van der Waals surface area contributed by atoms with Crippen molar-refractivity contribution in [2.45, 2.75) is 75.5 Å². The summed E-state index contributed by atoms with van der Waals surface area (Å²) in [5.41, 5.74) is 0. The fraction of sp³-hybridized carbons (Fsp3) is 1.00. The first kappa shape index (κ1) is 10.8. The minimum atomic E-state index is 0.829. The molecule has 2 rings (SSSR count). The normalized spacial score (nSPS) is 26.6. The molecule has 0 unspecified atom stereocenters. The van der Waals surface area contributed by atoms with Crippen LogP contribution in [-0.4, -0.2) is 11.3 Å². The van der Waals surface area contributed by atoms with Gasteiger partial charge in [0.05, 0.1) is 0 Å². The van der Waals surface area contributed by atoms with Crippen LogP contribution < -0.4 is 4.72 Å². The molecule has 0 aromatic carbocycles. The van der Waals surface area contributed by atoms with Crippen LogP contribution in [0.5, 0.6) is 0 Å². The monoisotopic (exact) mass is 213 g/mol. The first-order chi connectivity index (χ1) is 6.95. The van der Waals surface area contributed by atoms with Gasteiger partial charge >= 0.3 is 0 Å². The lowest BCUT2D eigenvalue weighted by atomic mass is 9.96. The number of hydrogen-bond donors (Lipinski definition) is 1. The molecular weight excluding hydrogens is 190 g/mol. The summed E-state index contributed by atoms with van der Waals surface area (Å²) in [5, 5.41) is 0.922. The third-order valence-electron chi connectivity index (χ3n) is 3.56. The highest BCUT2D eigenvalue weighted by Crippen LogP contribution is 2.28. The van der Waals surface area contributed by atoms with Crippen molar-refractivity contribution >= 4 is 11.9 Å². The van der Waals surface area contributed by atoms with Crippen LogP contribution in [0, 0.1) is 0 Å². The number of rotatable bonds is 3. The Balaban J connectivity index is 1.60. The highest BCUT2D eigenvalue weighted by atomic mass is 32.2. The molecule has 0 radical (unpaired) electrons. The van der Waals surface area contributed by atoms with Crippen LogP contribution in [0.1, 0.15) is 64.2 Å². The molecule has 14 heavy (non-hydrogen) atoms. The van der Waals surface area contributed by atoms with Gasteiger partial charge in [-0.1, -0.05) is 50.5 Å². The Kier molecular flexibility index (Phi) is 4.65. The van der Waals surface area contributed by atoms with Gasteiger partial charge < -0.3 is 0 Å². The smallest absolute Gasteiger partial charge is 0.0193 e. The average molecular weight is 213 g/mol. The van der Waals surface area contributed by atoms with Gasteiger partial charge in [0.15, 0.2) is 0 Å². The Bertz CT molecular complexity index is 130. The van der Waals surface area contributed by atoms with E-state index in [4.69, 9.17) is 0 Å². The molecule has 0 spiro atoms. The van der Waals surface area contributed by atoms with Gasteiger partial charge in [-0.05, 0) is 25.7 Å². The molecule has 82 valence electrons. The Morgan fingerprint density at radius 3 is 1.93 bits per heavy atom. The van der Waals surface area contributed by atoms with Gasteiger partial charge in [0, 0.05) is 11.3 Å². The average Bonchev–Trinajstić information content (AvgIpc) is 2.29. The molecule has 0 atom stereocenters. The van der Waals surface area contributed by atoms with E-state index in [1.165, 1.54) is 64.2 Å². The molecule has 2 heteroatoms. The van der Waals surface area contributed by atoms with Crippen LogP contribution in [0.4, 0.5) is 0 Å². The van der Waals surface area contributed by atoms with Gasteiger partial charge in [-0.2, -0.15) is 0 Å². The second-order valence-corrected chi connectivity index (χ2v) is 5.97. The zero-order valence-corrected chi connectivity index (χ0v) is 9.95. The lowest BCUT2D eigenvalue weighted by Crippen LogP contribution is -2.28. The lowest BCUT2D eigenvalue weighted by Gasteiger charge is -2.26. The van der Waals surface area contributed by atoms with Crippen LogP contribution in [-0.2, 0) is 0 Å². The quantitative estimate of drug-likeness (QED) is 0.714. The summed E-state index contributed by atoms with van der Waals surface area (Å²) < 4.78 is 3.71. The second-order valence-electron chi connectivity index (χ2n) is 4.83. The molecular formula is C12H23NS. The topological polar surface area (TPSA) is 12.0 Å². The summed E-state index contributed by atoms with van der Waals surface area (Å²) >= 11 is 2.05. The first-order valence-corrected chi connectivity index (χ1v) is 7.24. The third-order valence-corrected chi connectivity index (χ3v) is 4.83. The Morgan fingerprint density at radius 1 is 0.714 bits per heavy atom. The Morgan fingerprint density at radius 2 is 1.29 bits per heavy atom. The zero-order chi connectivity index (χ0) is 9.64. The molecule has 0 amide bonds. The maximum atomic E-state index is 3.71. The molecule has 2 fully saturated rings. The van der Waals surface area contributed by atoms with E-state index in [2.05, 4.69) is 16.7 Å². The molecule has 2 saturated carbocycles. The molecule has 0 aliphatic heterocycles. The van der Waals surface area contributed by atoms with Crippen molar-refractivity contribution in [3.05, 3.63) is 0 Å². The summed E-state index contributed by atoms with van der Waals surface area (Å²) in [6, 6.07) is 0.829. The summed E-state index contributed by atoms with van der Waals surface area (Å²) in [5.74, 6) is 0. The fourth-order valence-corrected chi connectivity index (χ4v) is 3.79. The molecule has 0 saturated heterocycles. The van der Waals surface area contributed by atoms with E-state index < -0.39 is 0 Å². The highest BCUT2D eigenvalue weighted by molar-refractivity contribution is 7.98. The van der Waals surface area contributed by atoms with Crippen molar-refractivity contribution in [2.24, 2.45) is 0 Å². The van der Waals surface area contributed by atoms with E-state index in [1.807, 2.05) is 0 Å². The lowest BCUT2D eigenvalue weighted by molar-refractivity contribution is 0.421. The minimum absolute atomic E-state index is 0.829. The van der Waals surface area contributed by atoms with Crippen molar-refractivity contribution in [1.82, 2.24) is 4.72 Å². The van der Waals surface area contributed by atoms with Gasteiger partial charge in [-0.25, -0.2) is 0 Å². The van der Waals surface area contributed by atoms with Crippen molar-refractivity contribution in [1.29, 1.82) is 0 Å². The van der Waals surface area contributed by atoms with Crippen LogP contribution in [0.25, 0.3) is 0 Å². The number of hydrogen-bond acceptors (Lipinski definition) is 2. The van der Waals surface area contributed by atoms with Crippen LogP contribution in [0.2, 0.25) is 0 Å². The molecule has 0 heterocycles. The van der Waals surface area contributed by atoms with Crippen LogP contribution in [0.3, 0.4) is 0 Å². The maximum absolute atomic E-state index is 3.71. The van der Waals surface area contributed by atoms with Gasteiger partial charge in [0.1, 0.15) is 0 Å². The highest BCUT2D eigenvalue weighted by Gasteiger charge is 2.17. The molecule has 1 nitrogen and oxygen atoms in total. The van der Waals surface area contributed by atoms with Crippen molar-refractivity contribution in [3.8, 4) is 0 Å². The minimum Gasteiger partial charge on any atom is -0.261 e. The van der Waals surface area contributed by atoms with E-state index >= 15 is 0 Å². The molecule has 2 aliphatic carbocycles. The Labute approximate surface area is 92.6 Å². The summed E-state index contributed by atoms with van der Waals surface area (Å²) in [4.78, 5) is 0. The van der Waals surface area contributed by atoms with E-state index in [-0.39, 0.29) is 0 Å². The van der Waals surface area contributed by atoms with E-state index in [9.17, 15) is 0 Å². The van der Waals surface area contributed by atoms with Crippen LogP contribution >= 0.6 is 11.9 Å². The number of nitrogens with one attached hydrogen (secondary N) is 1. The SMILES string of the molecule is C1CCC(NSC2CCCCC2)CC1. The fourth-order valence-electron chi connectivity index (χ4n) is 2.60. The first-order valence-electron chi connectivity index (χ1n) is 6.36. The van der Waals surface area contributed by atoms with E-state index in [0.29, 0.717) is 0 Å². The van der Waals surface area contributed by atoms with Crippen molar-refractivity contribution < 1.29 is 0 Å². The van der Waals surface area contributed by atoms with Gasteiger partial charge in [0.25, 0.3) is 0 Å². The maximum Gasteiger partial charge on any atom is 0.0193 e. The van der Waals surface area contributed by atoms with E-state index in [1.54, 1.807) is 0 Å². The zero-order valence-electron chi connectivity index (χ0n) is 9.13. The van der Waals surface area contributed by atoms with Crippen molar-refractivity contribution in [3.63, 3.8) is 0 Å². The molecule has 2 aliphatic rings. The van der Waals surface area contributed by atoms with Crippen LogP contribution in [0.15, 0.2) is 0 Å². The largest absolute Gasteiger partial charge is 0.261 e.